The van der Waals surface area contributed by atoms with Gasteiger partial charge in [-0.1, -0.05) is 78.9 Å². The van der Waals surface area contributed by atoms with Crippen molar-refractivity contribution in [3.63, 3.8) is 0 Å². The number of aromatic nitrogens is 12. The number of aromatic amines is 6. The van der Waals surface area contributed by atoms with Crippen LogP contribution in [0.2, 0.25) is 0 Å². The van der Waals surface area contributed by atoms with E-state index in [0.717, 1.165) is 123 Å². The van der Waals surface area contributed by atoms with E-state index >= 15 is 0 Å². The number of amides is 7. The minimum atomic E-state index is -0.509. The smallest absolute Gasteiger partial charge is 0.291 e. The quantitative estimate of drug-likeness (QED) is 0.0265. The second-order valence-electron chi connectivity index (χ2n) is 34.6. The maximum Gasteiger partial charge on any atom is 0.291 e. The van der Waals surface area contributed by atoms with Gasteiger partial charge < -0.3 is 60.6 Å². The molecule has 22 rings (SSSR count). The molecule has 38 heteroatoms. The van der Waals surface area contributed by atoms with Gasteiger partial charge in [-0.2, -0.15) is 30.6 Å². The summed E-state index contributed by atoms with van der Waals surface area (Å²) in [5, 5.41) is 69.8. The van der Waals surface area contributed by atoms with Crippen LogP contribution in [0.15, 0.2) is 259 Å². The van der Waals surface area contributed by atoms with Crippen molar-refractivity contribution in [2.24, 2.45) is 5.92 Å². The summed E-state index contributed by atoms with van der Waals surface area (Å²) in [5.41, 5.74) is 19.0. The molecule has 1 aliphatic heterocycles. The molecule has 1 saturated carbocycles. The Hall–Kier alpha value is -18.3. The molecule has 12 aromatic carbocycles. The standard InChI is InChI=1S/C20H16FN3O2S.C19H17FN4O2.C19H14FN3O3.C18H18FN3O3.C18H16FN3O.C16H14FN3O/c1-26-18-11-16-15(20(24-23-16)12-4-2-5-13(21)8-12)10-17(18)22-19(25)9-14-6-3-7-27-14;1-10-7-13(21-19(26)15-5-6-16(25)22-15)9-14-17(10)23-24-18(14)11-3-2-4-12(20)8-11;1-25-17-10-14-13(9-15(17)21-19(24)16-6-3-7-26-16)18(23-22-14)11-4-2-5-12(20)8-11;1-24-7-6-17(23)20-15-9-13-14(10-16(15)25-2)21-22-18(13)11-4-3-5-12(19)8-11;1-10-7-14(20-18(23)11-5-6-11)9-15-16(10)21-22-17(15)12-3-2-4-13(19)8-12;1-9-6-13(18-10(2)21)8-14-15(9)19-20-16(14)11-4-3-5-12(17)7-11/h2-8,10-11H,9H2,1H3,(H,22,25)(H,23,24);2-4,7-9,15H,5-6H2,1H3,(H,21,26)(H,22,25)(H,23,24);2-10H,1H3,(H,21,24)(H,22,23);3-5,8-10H,6-7H2,1-2H3,(H,20,23)(H,21,22);2-4,7-9,11H,5-6H2,1H3,(H,20,23)(H,21,22);3-8H,1-2H3,(H,18,21)(H,19,20)/t;15-;;;;/m.1..../s1. The first kappa shape index (κ1) is 101. The van der Waals surface area contributed by atoms with Crippen LogP contribution in [-0.2, 0) is 39.9 Å². The second-order valence-corrected chi connectivity index (χ2v) is 35.6. The molecule has 1 atom stereocenters. The average Bonchev–Trinajstić information content (AvgIpc) is 1.65. The van der Waals surface area contributed by atoms with E-state index in [2.05, 4.69) is 98.4 Å². The molecule has 0 unspecified atom stereocenters. The van der Waals surface area contributed by atoms with Gasteiger partial charge in [-0.25, -0.2) is 26.3 Å². The minimum Gasteiger partial charge on any atom is -0.494 e. The van der Waals surface area contributed by atoms with Gasteiger partial charge in [0, 0.05) is 132 Å². The minimum absolute atomic E-state index is 0.0690. The monoisotopic (exact) mass is 2020 g/mol. The first-order valence-corrected chi connectivity index (χ1v) is 47.3. The summed E-state index contributed by atoms with van der Waals surface area (Å²) in [6, 6.07) is 65.8. The van der Waals surface area contributed by atoms with E-state index in [1.165, 1.54) is 119 Å². The fourth-order valence-electron chi connectivity index (χ4n) is 16.8. The van der Waals surface area contributed by atoms with Crippen molar-refractivity contribution in [2.75, 3.05) is 66.9 Å². The van der Waals surface area contributed by atoms with Crippen LogP contribution in [0.1, 0.15) is 71.2 Å². The highest BCUT2D eigenvalue weighted by atomic mass is 32.1. The number of nitrogens with one attached hydrogen (secondary N) is 13. The highest BCUT2D eigenvalue weighted by molar-refractivity contribution is 7.10. The third-order valence-corrected chi connectivity index (χ3v) is 24.8. The number of ether oxygens (including phenoxy) is 4. The average molecular weight is 2020 g/mol. The predicted molar refractivity (Wildman–Crippen MR) is 557 cm³/mol. The van der Waals surface area contributed by atoms with Gasteiger partial charge in [0.05, 0.1) is 114 Å². The number of thiophene rings is 1. The number of H-pyrrole nitrogens is 6. The number of hydrogen-bond donors (Lipinski definition) is 13. The molecule has 750 valence electrons. The molecule has 148 heavy (non-hydrogen) atoms. The van der Waals surface area contributed by atoms with E-state index in [4.69, 9.17) is 23.4 Å². The number of methoxy groups -OCH3 is 4. The van der Waals surface area contributed by atoms with Crippen LogP contribution in [0.25, 0.3) is 133 Å². The van der Waals surface area contributed by atoms with Crippen molar-refractivity contribution in [1.29, 1.82) is 0 Å². The van der Waals surface area contributed by atoms with Crippen molar-refractivity contribution in [3.8, 4) is 84.8 Å². The molecule has 0 spiro atoms. The third-order valence-electron chi connectivity index (χ3n) is 23.9. The lowest BCUT2D eigenvalue weighted by molar-refractivity contribution is -0.122. The number of nitrogens with zero attached hydrogens (tertiary/aromatic N) is 6. The zero-order valence-electron chi connectivity index (χ0n) is 80.6. The molecule has 2 aliphatic rings. The van der Waals surface area contributed by atoms with Gasteiger partial charge in [-0.3, -0.25) is 64.2 Å². The Morgan fingerprint density at radius 2 is 0.784 bits per heavy atom. The summed E-state index contributed by atoms with van der Waals surface area (Å²) < 4.78 is 107. The molecule has 1 aliphatic carbocycles. The Labute approximate surface area is 843 Å². The van der Waals surface area contributed by atoms with Gasteiger partial charge >= 0.3 is 0 Å². The first-order valence-electron chi connectivity index (χ1n) is 46.4. The molecule has 9 heterocycles. The fourth-order valence-corrected chi connectivity index (χ4v) is 17.5. The molecule has 2 fully saturated rings. The van der Waals surface area contributed by atoms with Crippen molar-refractivity contribution >= 4 is 152 Å². The summed E-state index contributed by atoms with van der Waals surface area (Å²) >= 11 is 1.53. The molecular formula is C110H95F6N19O12S. The molecule has 0 bridgehead atoms. The number of rotatable bonds is 23. The van der Waals surface area contributed by atoms with Crippen LogP contribution in [0.4, 0.5) is 60.5 Å². The summed E-state index contributed by atoms with van der Waals surface area (Å²) in [5.74, 6) is -1.25. The maximum absolute atomic E-state index is 13.6. The number of carbonyl (C=O) groups excluding carboxylic acids is 7. The lowest BCUT2D eigenvalue weighted by Crippen LogP contribution is -2.37. The Bertz CT molecular complexity index is 8360. The number of furan rings is 1. The molecule has 7 amide bonds. The van der Waals surface area contributed by atoms with E-state index in [1.54, 1.807) is 122 Å². The molecule has 1 saturated heterocycles. The van der Waals surface area contributed by atoms with Crippen LogP contribution in [0.3, 0.4) is 0 Å². The number of hydrogen-bond acceptors (Lipinski definition) is 19. The molecule has 31 nitrogen and oxygen atoms in total. The first-order chi connectivity index (χ1) is 71.6. The predicted octanol–water partition coefficient (Wildman–Crippen LogP) is 22.8. The van der Waals surface area contributed by atoms with E-state index in [9.17, 15) is 59.9 Å². The third kappa shape index (κ3) is 24.1. The van der Waals surface area contributed by atoms with Crippen LogP contribution in [-0.4, -0.2) is 144 Å². The Morgan fingerprint density at radius 3 is 1.14 bits per heavy atom. The SMILES string of the molecule is CC(=O)Nc1cc(C)c2n[nH]c(-c3cccc(F)c3)c2c1.COCCC(=O)Nc1cc2c(-c3cccc(F)c3)n[nH]c2cc1OC.COc1cc2[nH]nc(-c3cccc(F)c3)c2cc1NC(=O)Cc1cccs1.COc1cc2[nH]nc(-c3cccc(F)c3)c2cc1NC(=O)c1ccco1.Cc1cc(NC(=O)C2CC2)cc2c(-c3cccc(F)c3)[nH]nc12.Cc1cc(NC(=O)[C@H]2CCC(=O)N2)cc2c(-c3cccc(F)c3)[nH]nc12. The van der Waals surface area contributed by atoms with Gasteiger partial charge in [-0.15, -0.1) is 11.3 Å². The lowest BCUT2D eigenvalue weighted by atomic mass is 10.0. The number of carbonyl (C=O) groups is 7. The number of anilines is 6. The van der Waals surface area contributed by atoms with Crippen molar-refractivity contribution in [2.45, 2.75) is 72.3 Å². The largest absolute Gasteiger partial charge is 0.494 e. The number of benzene rings is 12. The molecule has 0 radical (unpaired) electrons. The van der Waals surface area contributed by atoms with E-state index in [-0.39, 0.29) is 88.4 Å². The number of fused-ring (bicyclic) bond motifs is 6. The van der Waals surface area contributed by atoms with E-state index in [1.807, 2.05) is 80.7 Å². The van der Waals surface area contributed by atoms with Gasteiger partial charge in [0.15, 0.2) is 5.76 Å². The molecule has 13 N–H and O–H groups in total. The van der Waals surface area contributed by atoms with E-state index < -0.39 is 11.9 Å². The summed E-state index contributed by atoms with van der Waals surface area (Å²) in [7, 11) is 6.11. The Kier molecular flexibility index (Phi) is 31.1. The van der Waals surface area contributed by atoms with Gasteiger partial charge in [0.25, 0.3) is 5.91 Å². The van der Waals surface area contributed by atoms with Crippen LogP contribution < -0.4 is 51.4 Å². The Balaban J connectivity index is 0.000000121. The number of halogens is 6. The van der Waals surface area contributed by atoms with Crippen LogP contribution in [0, 0.1) is 61.6 Å². The second kappa shape index (κ2) is 45.5. The summed E-state index contributed by atoms with van der Waals surface area (Å²) in [6.45, 7) is 7.56. The highest BCUT2D eigenvalue weighted by Gasteiger charge is 2.31. The molecule has 20 aromatic rings. The lowest BCUT2D eigenvalue weighted by Gasteiger charge is -2.12. The zero-order chi connectivity index (χ0) is 104. The topological polar surface area (TPSA) is 426 Å². The highest BCUT2D eigenvalue weighted by Crippen LogP contribution is 2.42. The van der Waals surface area contributed by atoms with Crippen molar-refractivity contribution in [1.82, 2.24) is 66.5 Å². The van der Waals surface area contributed by atoms with Gasteiger partial charge in [0.1, 0.15) is 75.3 Å². The van der Waals surface area contributed by atoms with Crippen LogP contribution >= 0.6 is 11.3 Å². The normalized spacial score (nSPS) is 12.4. The van der Waals surface area contributed by atoms with Crippen molar-refractivity contribution in [3.05, 3.63) is 317 Å². The van der Waals surface area contributed by atoms with Gasteiger partial charge in [0.2, 0.25) is 35.4 Å². The summed E-state index contributed by atoms with van der Waals surface area (Å²) in [6.07, 6.45) is 4.74. The molecule has 8 aromatic heterocycles. The maximum atomic E-state index is 13.6. The fraction of sp³-hybridized carbons (Fsp3) is 0.155. The molecular weight excluding hydrogens is 1930 g/mol. The van der Waals surface area contributed by atoms with E-state index in [0.29, 0.717) is 122 Å². The van der Waals surface area contributed by atoms with Gasteiger partial charge in [-0.05, 0) is 208 Å². The zero-order valence-corrected chi connectivity index (χ0v) is 81.4. The number of aryl methyl sites for hydroxylation is 3. The van der Waals surface area contributed by atoms with Crippen molar-refractivity contribution < 1.29 is 83.3 Å². The summed E-state index contributed by atoms with van der Waals surface area (Å²) in [4.78, 5) is 84.5. The van der Waals surface area contributed by atoms with Crippen LogP contribution in [0.5, 0.6) is 17.2 Å². The Morgan fingerprint density at radius 1 is 0.399 bits per heavy atom.